The maximum Gasteiger partial charge on any atom is 0.308 e. The lowest BCUT2D eigenvalue weighted by Gasteiger charge is -2.14. The van der Waals surface area contributed by atoms with Crippen LogP contribution < -0.4 is 0 Å². The van der Waals surface area contributed by atoms with Crippen molar-refractivity contribution < 1.29 is 14.6 Å². The van der Waals surface area contributed by atoms with Gasteiger partial charge in [0.1, 0.15) is 0 Å². The molecule has 0 aliphatic rings. The second-order valence-corrected chi connectivity index (χ2v) is 5.31. The van der Waals surface area contributed by atoms with E-state index in [1.54, 1.807) is 6.92 Å². The van der Waals surface area contributed by atoms with E-state index in [-0.39, 0.29) is 12.4 Å². The van der Waals surface area contributed by atoms with Gasteiger partial charge < -0.3 is 9.84 Å². The van der Waals surface area contributed by atoms with Crippen molar-refractivity contribution in [3.63, 3.8) is 0 Å². The molecule has 0 saturated heterocycles. The van der Waals surface area contributed by atoms with Crippen LogP contribution in [0.4, 0.5) is 0 Å². The molecule has 18 heavy (non-hydrogen) atoms. The van der Waals surface area contributed by atoms with E-state index in [4.69, 9.17) is 4.74 Å². The highest BCUT2D eigenvalue weighted by molar-refractivity contribution is 9.10. The van der Waals surface area contributed by atoms with Crippen LogP contribution in [0.15, 0.2) is 22.7 Å². The maximum absolute atomic E-state index is 11.3. The van der Waals surface area contributed by atoms with Gasteiger partial charge in [0.05, 0.1) is 19.1 Å². The van der Waals surface area contributed by atoms with Crippen LogP contribution >= 0.6 is 15.9 Å². The summed E-state index contributed by atoms with van der Waals surface area (Å²) in [7, 11) is 0. The summed E-state index contributed by atoms with van der Waals surface area (Å²) in [6.45, 7) is 6.30. The molecular weight excluding hydrogens is 296 g/mol. The van der Waals surface area contributed by atoms with Crippen molar-refractivity contribution in [3.8, 4) is 0 Å². The second-order valence-electron chi connectivity index (χ2n) is 4.46. The molecule has 0 spiro atoms. The standard InChI is InChI=1S/C14H19BrO3/c1-4-18-14(17)8-13(16)11-6-5-10(9(2)3)7-12(11)15/h5-7,9,13,16H,4,8H2,1-3H3. The first-order valence-electron chi connectivity index (χ1n) is 6.08. The fraction of sp³-hybridized carbons (Fsp3) is 0.500. The molecule has 4 heteroatoms. The van der Waals surface area contributed by atoms with Crippen molar-refractivity contribution in [2.45, 2.75) is 39.2 Å². The quantitative estimate of drug-likeness (QED) is 0.845. The van der Waals surface area contributed by atoms with Crippen LogP contribution in [-0.2, 0) is 9.53 Å². The first-order valence-corrected chi connectivity index (χ1v) is 6.88. The molecule has 1 unspecified atom stereocenters. The molecule has 0 aliphatic heterocycles. The predicted molar refractivity (Wildman–Crippen MR) is 74.4 cm³/mol. The normalized spacial score (nSPS) is 12.6. The first-order chi connectivity index (χ1) is 8.45. The van der Waals surface area contributed by atoms with Gasteiger partial charge in [-0.1, -0.05) is 41.9 Å². The Morgan fingerprint density at radius 2 is 2.11 bits per heavy atom. The highest BCUT2D eigenvalue weighted by Gasteiger charge is 2.17. The van der Waals surface area contributed by atoms with Crippen molar-refractivity contribution in [1.29, 1.82) is 0 Å². The fourth-order valence-corrected chi connectivity index (χ4v) is 2.32. The first kappa shape index (κ1) is 15.2. The highest BCUT2D eigenvalue weighted by Crippen LogP contribution is 2.29. The number of benzene rings is 1. The van der Waals surface area contributed by atoms with Gasteiger partial charge in [0.2, 0.25) is 0 Å². The predicted octanol–water partition coefficient (Wildman–Crippen LogP) is 3.56. The van der Waals surface area contributed by atoms with Gasteiger partial charge in [-0.15, -0.1) is 0 Å². The number of aliphatic hydroxyl groups is 1. The summed E-state index contributed by atoms with van der Waals surface area (Å²) >= 11 is 3.43. The molecule has 1 rings (SSSR count). The van der Waals surface area contributed by atoms with Crippen molar-refractivity contribution in [2.75, 3.05) is 6.61 Å². The van der Waals surface area contributed by atoms with Gasteiger partial charge >= 0.3 is 5.97 Å². The molecule has 0 heterocycles. The topological polar surface area (TPSA) is 46.5 Å². The van der Waals surface area contributed by atoms with Gasteiger partial charge in [0.15, 0.2) is 0 Å². The summed E-state index contributed by atoms with van der Waals surface area (Å²) in [4.78, 5) is 11.3. The van der Waals surface area contributed by atoms with Crippen LogP contribution in [0.5, 0.6) is 0 Å². The number of carbonyl (C=O) groups excluding carboxylic acids is 1. The van der Waals surface area contributed by atoms with Gasteiger partial charge in [0.25, 0.3) is 0 Å². The zero-order chi connectivity index (χ0) is 13.7. The molecule has 100 valence electrons. The molecule has 0 amide bonds. The average molecular weight is 315 g/mol. The number of ether oxygens (including phenoxy) is 1. The number of halogens is 1. The van der Waals surface area contributed by atoms with Crippen molar-refractivity contribution in [3.05, 3.63) is 33.8 Å². The molecule has 0 aliphatic carbocycles. The number of hydrogen-bond acceptors (Lipinski definition) is 3. The van der Waals surface area contributed by atoms with Gasteiger partial charge in [-0.3, -0.25) is 4.79 Å². The van der Waals surface area contributed by atoms with E-state index < -0.39 is 6.10 Å². The lowest BCUT2D eigenvalue weighted by Crippen LogP contribution is -2.10. The van der Waals surface area contributed by atoms with Gasteiger partial charge in [-0.25, -0.2) is 0 Å². The molecular formula is C14H19BrO3. The van der Waals surface area contributed by atoms with Crippen molar-refractivity contribution >= 4 is 21.9 Å². The van der Waals surface area contributed by atoms with E-state index in [9.17, 15) is 9.90 Å². The summed E-state index contributed by atoms with van der Waals surface area (Å²) in [5, 5.41) is 10.00. The molecule has 1 N–H and O–H groups in total. The van der Waals surface area contributed by atoms with E-state index in [1.165, 1.54) is 5.56 Å². The third kappa shape index (κ3) is 4.10. The summed E-state index contributed by atoms with van der Waals surface area (Å²) in [6.07, 6.45) is -0.854. The van der Waals surface area contributed by atoms with Crippen LogP contribution in [0.25, 0.3) is 0 Å². The summed E-state index contributed by atoms with van der Waals surface area (Å²) < 4.78 is 5.65. The number of esters is 1. The maximum atomic E-state index is 11.3. The fourth-order valence-electron chi connectivity index (χ4n) is 1.66. The Bertz CT molecular complexity index is 416. The van der Waals surface area contributed by atoms with Crippen LogP contribution in [-0.4, -0.2) is 17.7 Å². The van der Waals surface area contributed by atoms with Crippen molar-refractivity contribution in [1.82, 2.24) is 0 Å². The highest BCUT2D eigenvalue weighted by atomic mass is 79.9. The SMILES string of the molecule is CCOC(=O)CC(O)c1ccc(C(C)C)cc1Br. The monoisotopic (exact) mass is 314 g/mol. The van der Waals surface area contributed by atoms with Crippen LogP contribution in [0, 0.1) is 0 Å². The lowest BCUT2D eigenvalue weighted by atomic mass is 9.99. The van der Waals surface area contributed by atoms with Gasteiger partial charge in [0, 0.05) is 4.47 Å². The Balaban J connectivity index is 2.80. The van der Waals surface area contributed by atoms with E-state index in [0.717, 1.165) is 4.47 Å². The molecule has 1 atom stereocenters. The Kier molecular flexibility index (Phi) is 5.82. The van der Waals surface area contributed by atoms with E-state index in [2.05, 4.69) is 29.8 Å². The van der Waals surface area contributed by atoms with Crippen LogP contribution in [0.1, 0.15) is 50.3 Å². The van der Waals surface area contributed by atoms with Gasteiger partial charge in [-0.2, -0.15) is 0 Å². The third-order valence-electron chi connectivity index (χ3n) is 2.72. The molecule has 0 fully saturated rings. The Hall–Kier alpha value is -0.870. The Morgan fingerprint density at radius 1 is 1.44 bits per heavy atom. The Labute approximate surface area is 116 Å². The summed E-state index contributed by atoms with van der Waals surface area (Å²) in [6, 6.07) is 5.80. The molecule has 0 radical (unpaired) electrons. The summed E-state index contributed by atoms with van der Waals surface area (Å²) in [5.41, 5.74) is 1.90. The minimum atomic E-state index is -0.834. The number of aliphatic hydroxyl groups excluding tert-OH is 1. The molecule has 0 bridgehead atoms. The Morgan fingerprint density at radius 3 is 2.61 bits per heavy atom. The number of hydrogen-bond donors (Lipinski definition) is 1. The number of rotatable bonds is 5. The summed E-state index contributed by atoms with van der Waals surface area (Å²) in [5.74, 6) is 0.0439. The van der Waals surface area contributed by atoms with Gasteiger partial charge in [-0.05, 0) is 30.0 Å². The zero-order valence-electron chi connectivity index (χ0n) is 10.9. The minimum absolute atomic E-state index is 0.0204. The second kappa shape index (κ2) is 6.90. The van der Waals surface area contributed by atoms with E-state index in [0.29, 0.717) is 18.1 Å². The van der Waals surface area contributed by atoms with Crippen LogP contribution in [0.2, 0.25) is 0 Å². The largest absolute Gasteiger partial charge is 0.466 e. The smallest absolute Gasteiger partial charge is 0.308 e. The zero-order valence-corrected chi connectivity index (χ0v) is 12.5. The minimum Gasteiger partial charge on any atom is -0.466 e. The molecule has 1 aromatic rings. The molecule has 3 nitrogen and oxygen atoms in total. The van der Waals surface area contributed by atoms with E-state index >= 15 is 0 Å². The molecule has 0 saturated carbocycles. The molecule has 0 aromatic heterocycles. The van der Waals surface area contributed by atoms with Crippen LogP contribution in [0.3, 0.4) is 0 Å². The molecule has 1 aromatic carbocycles. The number of carbonyl (C=O) groups is 1. The lowest BCUT2D eigenvalue weighted by molar-refractivity contribution is -0.145. The van der Waals surface area contributed by atoms with Crippen molar-refractivity contribution in [2.24, 2.45) is 0 Å². The average Bonchev–Trinajstić information content (AvgIpc) is 2.28. The third-order valence-corrected chi connectivity index (χ3v) is 3.40. The van der Waals surface area contributed by atoms with E-state index in [1.807, 2.05) is 18.2 Å².